The van der Waals surface area contributed by atoms with E-state index in [1.807, 2.05) is 25.1 Å². The summed E-state index contributed by atoms with van der Waals surface area (Å²) in [7, 11) is 2.14. The highest BCUT2D eigenvalue weighted by Gasteiger charge is 2.18. The summed E-state index contributed by atoms with van der Waals surface area (Å²) in [5, 5.41) is 22.4. The van der Waals surface area contributed by atoms with Crippen LogP contribution in [0.4, 0.5) is 5.82 Å². The van der Waals surface area contributed by atoms with Crippen molar-refractivity contribution in [2.24, 2.45) is 0 Å². The summed E-state index contributed by atoms with van der Waals surface area (Å²) in [4.78, 5) is 4.97. The number of aryl methyl sites for hydroxylation is 1. The van der Waals surface area contributed by atoms with Crippen LogP contribution in [0.2, 0.25) is 0 Å². The number of phenolic OH excluding ortho intramolecular Hbond substituents is 1. The quantitative estimate of drug-likeness (QED) is 0.773. The van der Waals surface area contributed by atoms with Gasteiger partial charge in [0.25, 0.3) is 0 Å². The zero-order valence-electron chi connectivity index (χ0n) is 14.4. The Kier molecular flexibility index (Phi) is 5.57. The Balaban J connectivity index is 1.81. The van der Waals surface area contributed by atoms with Gasteiger partial charge >= 0.3 is 0 Å². The van der Waals surface area contributed by atoms with Crippen LogP contribution in [0.15, 0.2) is 24.3 Å². The van der Waals surface area contributed by atoms with E-state index in [4.69, 9.17) is 0 Å². The van der Waals surface area contributed by atoms with Gasteiger partial charge in [0.15, 0.2) is 0 Å². The van der Waals surface area contributed by atoms with E-state index in [0.717, 1.165) is 36.5 Å². The zero-order chi connectivity index (χ0) is 17.8. The van der Waals surface area contributed by atoms with E-state index < -0.39 is 0 Å². The van der Waals surface area contributed by atoms with Crippen molar-refractivity contribution in [1.29, 1.82) is 0 Å². The predicted molar refractivity (Wildman–Crippen MR) is 104 cm³/mol. The predicted octanol–water partition coefficient (Wildman–Crippen LogP) is 3.37. The molecule has 1 saturated heterocycles. The van der Waals surface area contributed by atoms with Crippen LogP contribution in [-0.4, -0.2) is 46.4 Å². The molecule has 0 amide bonds. The van der Waals surface area contributed by atoms with Crippen LogP contribution in [0.1, 0.15) is 24.0 Å². The van der Waals surface area contributed by atoms with E-state index in [2.05, 4.69) is 54.1 Å². The molecule has 25 heavy (non-hydrogen) atoms. The number of hydrogen-bond donors (Lipinski definition) is 2. The number of halogens is 1. The van der Waals surface area contributed by atoms with Crippen LogP contribution in [0.5, 0.6) is 5.75 Å². The van der Waals surface area contributed by atoms with Crippen LogP contribution >= 0.6 is 15.9 Å². The molecule has 6 heteroatoms. The molecule has 2 aromatic rings. The molecule has 1 fully saturated rings. The fourth-order valence-corrected chi connectivity index (χ4v) is 3.41. The smallest absolute Gasteiger partial charge is 0.149 e. The summed E-state index contributed by atoms with van der Waals surface area (Å²) >= 11 is 3.06. The summed E-state index contributed by atoms with van der Waals surface area (Å²) in [6, 6.07) is 7.70. The first kappa shape index (κ1) is 17.7. The maximum atomic E-state index is 10.3. The summed E-state index contributed by atoms with van der Waals surface area (Å²) < 4.78 is 0. The normalized spacial score (nSPS) is 17.6. The number of phenols is 1. The summed E-state index contributed by atoms with van der Waals surface area (Å²) in [6.07, 6.45) is 2.33. The van der Waals surface area contributed by atoms with Crippen molar-refractivity contribution in [2.45, 2.75) is 25.8 Å². The van der Waals surface area contributed by atoms with Gasteiger partial charge in [0.1, 0.15) is 11.6 Å². The Morgan fingerprint density at radius 3 is 2.84 bits per heavy atom. The minimum Gasteiger partial charge on any atom is -0.507 e. The lowest BCUT2D eigenvalue weighted by Crippen LogP contribution is -2.39. The average Bonchev–Trinajstić information content (AvgIpc) is 2.56. The third-order valence-corrected chi connectivity index (χ3v) is 4.60. The third kappa shape index (κ3) is 4.30. The largest absolute Gasteiger partial charge is 0.507 e. The number of anilines is 1. The number of rotatable bonds is 3. The minimum atomic E-state index is 0.153. The van der Waals surface area contributed by atoms with Gasteiger partial charge in [0, 0.05) is 39.6 Å². The molecule has 1 atom stereocenters. The maximum Gasteiger partial charge on any atom is 0.149 e. The van der Waals surface area contributed by atoms with Crippen molar-refractivity contribution >= 4 is 21.7 Å². The molecule has 1 aromatic carbocycles. The molecule has 1 aliphatic rings. The average molecular weight is 401 g/mol. The highest BCUT2D eigenvalue weighted by atomic mass is 79.9. The molecule has 0 spiro atoms. The van der Waals surface area contributed by atoms with Crippen molar-refractivity contribution in [3.05, 3.63) is 35.4 Å². The number of likely N-dealkylation sites (tertiary alicyclic amines) is 1. The SMILES string of the molecule is Cc1cc(NC2CCCN(C)C2)nnc1-c1ccc(C#CBr)cc1O. The van der Waals surface area contributed by atoms with Gasteiger partial charge < -0.3 is 15.3 Å². The van der Waals surface area contributed by atoms with Crippen LogP contribution in [-0.2, 0) is 0 Å². The van der Waals surface area contributed by atoms with Gasteiger partial charge in [0.05, 0.1) is 5.69 Å². The molecule has 0 aliphatic carbocycles. The van der Waals surface area contributed by atoms with Gasteiger partial charge in [-0.25, -0.2) is 0 Å². The van der Waals surface area contributed by atoms with Gasteiger partial charge in [-0.05, 0) is 68.0 Å². The Morgan fingerprint density at radius 1 is 1.32 bits per heavy atom. The summed E-state index contributed by atoms with van der Waals surface area (Å²) in [5.74, 6) is 3.79. The first-order valence-corrected chi connectivity index (χ1v) is 9.10. The van der Waals surface area contributed by atoms with E-state index >= 15 is 0 Å². The van der Waals surface area contributed by atoms with Gasteiger partial charge in [-0.15, -0.1) is 10.2 Å². The lowest BCUT2D eigenvalue weighted by atomic mass is 10.0. The molecule has 3 rings (SSSR count). The molecule has 2 heterocycles. The standard InChI is InChI=1S/C19H21BrN4O/c1-13-10-18(21-15-4-3-9-24(2)12-15)22-23-19(13)16-6-5-14(7-8-20)11-17(16)25/h5-6,10-11,15,25H,3-4,9,12H2,1-2H3,(H,21,22). The Bertz CT molecular complexity index is 828. The van der Waals surface area contributed by atoms with Crippen molar-refractivity contribution < 1.29 is 5.11 Å². The van der Waals surface area contributed by atoms with Crippen molar-refractivity contribution in [3.8, 4) is 27.8 Å². The number of aromatic nitrogens is 2. The Hall–Kier alpha value is -2.10. The van der Waals surface area contributed by atoms with Crippen LogP contribution in [0.25, 0.3) is 11.3 Å². The molecule has 1 aliphatic heterocycles. The van der Waals surface area contributed by atoms with Gasteiger partial charge in [-0.3, -0.25) is 0 Å². The van der Waals surface area contributed by atoms with Gasteiger partial charge in [0.2, 0.25) is 0 Å². The first-order chi connectivity index (χ1) is 12.1. The Morgan fingerprint density at radius 2 is 2.16 bits per heavy atom. The second kappa shape index (κ2) is 7.85. The third-order valence-electron chi connectivity index (χ3n) is 4.41. The van der Waals surface area contributed by atoms with Gasteiger partial charge in [-0.2, -0.15) is 0 Å². The molecule has 1 unspecified atom stereocenters. The molecule has 1 aromatic heterocycles. The van der Waals surface area contributed by atoms with Gasteiger partial charge in [-0.1, -0.05) is 5.92 Å². The second-order valence-electron chi connectivity index (χ2n) is 6.46. The van der Waals surface area contributed by atoms with Crippen LogP contribution in [0, 0.1) is 17.7 Å². The molecule has 130 valence electrons. The second-order valence-corrected chi connectivity index (χ2v) is 6.85. The molecular weight excluding hydrogens is 380 g/mol. The van der Waals surface area contributed by atoms with E-state index in [1.54, 1.807) is 6.07 Å². The van der Waals surface area contributed by atoms with Crippen molar-refractivity contribution in [1.82, 2.24) is 15.1 Å². The zero-order valence-corrected chi connectivity index (χ0v) is 16.0. The number of benzene rings is 1. The first-order valence-electron chi connectivity index (χ1n) is 8.31. The molecular formula is C19H21BrN4O. The molecule has 5 nitrogen and oxygen atoms in total. The number of aromatic hydroxyl groups is 1. The van der Waals surface area contributed by atoms with E-state index in [1.165, 1.54) is 6.42 Å². The van der Waals surface area contributed by atoms with Crippen molar-refractivity contribution in [2.75, 3.05) is 25.5 Å². The highest BCUT2D eigenvalue weighted by molar-refractivity contribution is 9.12. The van der Waals surface area contributed by atoms with Crippen LogP contribution in [0.3, 0.4) is 0 Å². The topological polar surface area (TPSA) is 61.3 Å². The summed E-state index contributed by atoms with van der Waals surface area (Å²) in [6.45, 7) is 4.14. The van der Waals surface area contributed by atoms with Crippen molar-refractivity contribution in [3.63, 3.8) is 0 Å². The van der Waals surface area contributed by atoms with E-state index in [9.17, 15) is 5.11 Å². The molecule has 0 radical (unpaired) electrons. The number of piperidine rings is 1. The number of nitrogens with one attached hydrogen (secondary N) is 1. The maximum absolute atomic E-state index is 10.3. The van der Waals surface area contributed by atoms with E-state index in [-0.39, 0.29) is 5.75 Å². The fraction of sp³-hybridized carbons (Fsp3) is 0.368. The number of nitrogens with zero attached hydrogens (tertiary/aromatic N) is 3. The lowest BCUT2D eigenvalue weighted by Gasteiger charge is -2.30. The minimum absolute atomic E-state index is 0.153. The van der Waals surface area contributed by atoms with Crippen LogP contribution < -0.4 is 5.32 Å². The highest BCUT2D eigenvalue weighted by Crippen LogP contribution is 2.31. The Labute approximate surface area is 156 Å². The number of hydrogen-bond acceptors (Lipinski definition) is 5. The lowest BCUT2D eigenvalue weighted by molar-refractivity contribution is 0.260. The monoisotopic (exact) mass is 400 g/mol. The number of likely N-dealkylation sites (N-methyl/N-ethyl adjacent to an activating group) is 1. The van der Waals surface area contributed by atoms with E-state index in [0.29, 0.717) is 17.3 Å². The molecule has 2 N–H and O–H groups in total. The molecule has 0 bridgehead atoms. The molecule has 0 saturated carbocycles. The summed E-state index contributed by atoms with van der Waals surface area (Å²) in [5.41, 5.74) is 3.05. The fourth-order valence-electron chi connectivity index (χ4n) is 3.18.